The number of aliphatic hydroxyl groups excluding tert-OH is 1. The Morgan fingerprint density at radius 2 is 2.26 bits per heavy atom. The number of rotatable bonds is 5. The molecule has 3 atom stereocenters. The van der Waals surface area contributed by atoms with Crippen molar-refractivity contribution in [2.45, 2.75) is 51.2 Å². The highest BCUT2D eigenvalue weighted by molar-refractivity contribution is 7.10. The van der Waals surface area contributed by atoms with Crippen LogP contribution in [0, 0.1) is 5.41 Å². The van der Waals surface area contributed by atoms with Crippen molar-refractivity contribution in [3.63, 3.8) is 0 Å². The third-order valence-electron chi connectivity index (χ3n) is 4.82. The van der Waals surface area contributed by atoms with E-state index in [1.807, 2.05) is 17.5 Å². The third kappa shape index (κ3) is 4.68. The van der Waals surface area contributed by atoms with Gasteiger partial charge in [-0.1, -0.05) is 25.8 Å². The molecule has 0 radical (unpaired) electrons. The van der Waals surface area contributed by atoms with Crippen molar-refractivity contribution in [2.75, 3.05) is 20.1 Å². The van der Waals surface area contributed by atoms with Crippen LogP contribution in [0.15, 0.2) is 22.5 Å². The van der Waals surface area contributed by atoms with Crippen molar-refractivity contribution >= 4 is 17.3 Å². The number of guanidine groups is 1. The Kier molecular flexibility index (Phi) is 6.06. The van der Waals surface area contributed by atoms with Gasteiger partial charge in [-0.25, -0.2) is 0 Å². The maximum Gasteiger partial charge on any atom is 0.191 e. The molecule has 1 heterocycles. The van der Waals surface area contributed by atoms with Crippen LogP contribution in [-0.4, -0.2) is 42.4 Å². The van der Waals surface area contributed by atoms with E-state index in [1.54, 1.807) is 25.3 Å². The van der Waals surface area contributed by atoms with Gasteiger partial charge in [0.05, 0.1) is 12.6 Å². The molecule has 0 saturated heterocycles. The Morgan fingerprint density at radius 3 is 2.87 bits per heavy atom. The van der Waals surface area contributed by atoms with Gasteiger partial charge in [0.2, 0.25) is 0 Å². The lowest BCUT2D eigenvalue weighted by molar-refractivity contribution is 0.00385. The molecule has 1 fully saturated rings. The summed E-state index contributed by atoms with van der Waals surface area (Å²) in [5, 5.41) is 29.3. The maximum absolute atomic E-state index is 10.6. The number of nitrogens with one attached hydrogen (secondary N) is 2. The molecule has 0 aliphatic heterocycles. The van der Waals surface area contributed by atoms with E-state index >= 15 is 0 Å². The largest absolute Gasteiger partial charge is 0.392 e. The fraction of sp³-hybridized carbons (Fsp3) is 0.706. The molecule has 6 heteroatoms. The quantitative estimate of drug-likeness (QED) is 0.489. The van der Waals surface area contributed by atoms with Gasteiger partial charge in [-0.05, 0) is 31.2 Å². The molecule has 0 bridgehead atoms. The van der Waals surface area contributed by atoms with Crippen LogP contribution >= 0.6 is 11.3 Å². The summed E-state index contributed by atoms with van der Waals surface area (Å²) in [7, 11) is 1.72. The molecule has 0 aromatic carbocycles. The highest BCUT2D eigenvalue weighted by Gasteiger charge is 2.35. The Morgan fingerprint density at radius 1 is 1.48 bits per heavy atom. The SMILES string of the molecule is CN=C(NCC(C)(O)c1cccs1)NCC1(C)CCCCC1O. The van der Waals surface area contributed by atoms with Crippen molar-refractivity contribution in [1.82, 2.24) is 10.6 Å². The summed E-state index contributed by atoms with van der Waals surface area (Å²) in [6.45, 7) is 4.98. The van der Waals surface area contributed by atoms with Gasteiger partial charge >= 0.3 is 0 Å². The van der Waals surface area contributed by atoms with E-state index in [9.17, 15) is 10.2 Å². The summed E-state index contributed by atoms with van der Waals surface area (Å²) in [6, 6.07) is 3.87. The summed E-state index contributed by atoms with van der Waals surface area (Å²) >= 11 is 1.54. The van der Waals surface area contributed by atoms with Crippen LogP contribution < -0.4 is 10.6 Å². The van der Waals surface area contributed by atoms with Crippen LogP contribution in [0.2, 0.25) is 0 Å². The van der Waals surface area contributed by atoms with Crippen LogP contribution in [0.5, 0.6) is 0 Å². The van der Waals surface area contributed by atoms with Crippen LogP contribution in [0.3, 0.4) is 0 Å². The Hall–Kier alpha value is -1.11. The third-order valence-corrected chi connectivity index (χ3v) is 5.94. The monoisotopic (exact) mass is 339 g/mol. The molecule has 1 saturated carbocycles. The second-order valence-electron chi connectivity index (χ2n) is 6.95. The molecule has 5 nitrogen and oxygen atoms in total. The molecule has 1 aromatic rings. The molecule has 130 valence electrons. The van der Waals surface area contributed by atoms with Crippen molar-refractivity contribution in [3.05, 3.63) is 22.4 Å². The van der Waals surface area contributed by atoms with Gasteiger partial charge in [0.15, 0.2) is 5.96 Å². The molecule has 3 unspecified atom stereocenters. The summed E-state index contributed by atoms with van der Waals surface area (Å²) in [4.78, 5) is 5.14. The lowest BCUT2D eigenvalue weighted by Gasteiger charge is -2.39. The lowest BCUT2D eigenvalue weighted by atomic mass is 9.73. The molecule has 1 aromatic heterocycles. The minimum Gasteiger partial charge on any atom is -0.392 e. The lowest BCUT2D eigenvalue weighted by Crippen LogP contribution is -2.50. The van der Waals surface area contributed by atoms with E-state index in [4.69, 9.17) is 0 Å². The standard InChI is InChI=1S/C17H29N3O2S/c1-16(9-5-4-7-13(16)21)11-19-15(18-3)20-12-17(2,22)14-8-6-10-23-14/h6,8,10,13,21-22H,4-5,7,9,11-12H2,1-3H3,(H2,18,19,20). The zero-order valence-electron chi connectivity index (χ0n) is 14.3. The predicted molar refractivity (Wildman–Crippen MR) is 95.8 cm³/mol. The molecule has 1 aliphatic carbocycles. The molecular weight excluding hydrogens is 310 g/mol. The van der Waals surface area contributed by atoms with Gasteiger partial charge in [-0.3, -0.25) is 4.99 Å². The number of aliphatic hydroxyl groups is 2. The van der Waals surface area contributed by atoms with E-state index in [0.717, 1.165) is 30.6 Å². The molecule has 2 rings (SSSR count). The van der Waals surface area contributed by atoms with E-state index in [2.05, 4.69) is 22.5 Å². The van der Waals surface area contributed by atoms with Gasteiger partial charge in [-0.15, -0.1) is 11.3 Å². The highest BCUT2D eigenvalue weighted by atomic mass is 32.1. The smallest absolute Gasteiger partial charge is 0.191 e. The average molecular weight is 340 g/mol. The highest BCUT2D eigenvalue weighted by Crippen LogP contribution is 2.35. The topological polar surface area (TPSA) is 76.9 Å². The minimum atomic E-state index is -0.931. The van der Waals surface area contributed by atoms with Crippen molar-refractivity contribution in [3.8, 4) is 0 Å². The fourth-order valence-corrected chi connectivity index (χ4v) is 3.81. The van der Waals surface area contributed by atoms with Crippen LogP contribution in [-0.2, 0) is 5.60 Å². The minimum absolute atomic E-state index is 0.119. The van der Waals surface area contributed by atoms with Crippen LogP contribution in [0.25, 0.3) is 0 Å². The zero-order chi connectivity index (χ0) is 16.9. The van der Waals surface area contributed by atoms with Gasteiger partial charge in [0.25, 0.3) is 0 Å². The zero-order valence-corrected chi connectivity index (χ0v) is 15.1. The second kappa shape index (κ2) is 7.64. The molecule has 0 spiro atoms. The summed E-state index contributed by atoms with van der Waals surface area (Å²) in [5.41, 5.74) is -1.05. The first-order valence-corrected chi connectivity index (χ1v) is 9.14. The number of nitrogens with zero attached hydrogens (tertiary/aromatic N) is 1. The molecule has 23 heavy (non-hydrogen) atoms. The second-order valence-corrected chi connectivity index (χ2v) is 7.89. The van der Waals surface area contributed by atoms with Crippen LogP contribution in [0.4, 0.5) is 0 Å². The molecular formula is C17H29N3O2S. The van der Waals surface area contributed by atoms with E-state index in [-0.39, 0.29) is 11.5 Å². The first-order valence-electron chi connectivity index (χ1n) is 8.26. The first-order chi connectivity index (χ1) is 10.9. The van der Waals surface area contributed by atoms with Gasteiger partial charge in [0, 0.05) is 23.9 Å². The van der Waals surface area contributed by atoms with Crippen molar-refractivity contribution in [2.24, 2.45) is 10.4 Å². The number of hydrogen-bond acceptors (Lipinski definition) is 4. The summed E-state index contributed by atoms with van der Waals surface area (Å²) < 4.78 is 0. The summed E-state index contributed by atoms with van der Waals surface area (Å²) in [6.07, 6.45) is 3.89. The Labute approximate surface area is 142 Å². The van der Waals surface area contributed by atoms with Crippen LogP contribution in [0.1, 0.15) is 44.4 Å². The number of aliphatic imine (C=N–C) groups is 1. The van der Waals surface area contributed by atoms with Gasteiger partial charge in [-0.2, -0.15) is 0 Å². The molecule has 1 aliphatic rings. The normalized spacial score (nSPS) is 28.2. The van der Waals surface area contributed by atoms with E-state index in [1.165, 1.54) is 0 Å². The number of thiophene rings is 1. The molecule has 4 N–H and O–H groups in total. The Bertz CT molecular complexity index is 516. The van der Waals surface area contributed by atoms with Gasteiger partial charge < -0.3 is 20.8 Å². The number of hydrogen-bond donors (Lipinski definition) is 4. The first kappa shape index (κ1) is 18.2. The van der Waals surface area contributed by atoms with Crippen molar-refractivity contribution < 1.29 is 10.2 Å². The van der Waals surface area contributed by atoms with Crippen molar-refractivity contribution in [1.29, 1.82) is 0 Å². The molecule has 0 amide bonds. The average Bonchev–Trinajstić information content (AvgIpc) is 3.06. The van der Waals surface area contributed by atoms with E-state index < -0.39 is 5.60 Å². The Balaban J connectivity index is 1.86. The summed E-state index contributed by atoms with van der Waals surface area (Å²) in [5.74, 6) is 0.654. The maximum atomic E-state index is 10.6. The van der Waals surface area contributed by atoms with Gasteiger partial charge in [0.1, 0.15) is 5.60 Å². The predicted octanol–water partition coefficient (Wildman–Crippen LogP) is 2.06. The van der Waals surface area contributed by atoms with E-state index in [0.29, 0.717) is 19.0 Å². The fourth-order valence-electron chi connectivity index (χ4n) is 3.02.